The van der Waals surface area contributed by atoms with Gasteiger partial charge in [-0.1, -0.05) is 24.3 Å². The second-order valence-electron chi connectivity index (χ2n) is 6.10. The molecule has 0 bridgehead atoms. The molecule has 1 aliphatic rings. The second kappa shape index (κ2) is 8.63. The van der Waals surface area contributed by atoms with Gasteiger partial charge in [-0.15, -0.1) is 0 Å². The lowest BCUT2D eigenvalue weighted by atomic mass is 10.2. The van der Waals surface area contributed by atoms with E-state index in [1.165, 1.54) is 4.90 Å². The smallest absolute Gasteiger partial charge is 0.293 e. The van der Waals surface area contributed by atoms with Crippen molar-refractivity contribution in [3.05, 3.63) is 63.5 Å². The summed E-state index contributed by atoms with van der Waals surface area (Å²) < 4.78 is 6.51. The Labute approximate surface area is 171 Å². The average Bonchev–Trinajstić information content (AvgIpc) is 2.90. The van der Waals surface area contributed by atoms with Gasteiger partial charge in [0.15, 0.2) is 0 Å². The molecular formula is C20H19BrN2O3S. The molecule has 0 saturated carbocycles. The molecule has 140 valence electrons. The SMILES string of the molecule is CN(C)c1ccc(/C=C2\SC(=O)N(CCOc3ccccc3)C2=O)cc1Br. The molecule has 1 aliphatic heterocycles. The summed E-state index contributed by atoms with van der Waals surface area (Å²) in [6.45, 7) is 0.485. The Morgan fingerprint density at radius 1 is 1.15 bits per heavy atom. The van der Waals surface area contributed by atoms with Crippen molar-refractivity contribution in [2.45, 2.75) is 0 Å². The van der Waals surface area contributed by atoms with Crippen molar-refractivity contribution in [1.82, 2.24) is 4.90 Å². The van der Waals surface area contributed by atoms with Crippen LogP contribution in [0.15, 0.2) is 57.9 Å². The predicted octanol–water partition coefficient (Wildman–Crippen LogP) is 4.63. The van der Waals surface area contributed by atoms with Crippen LogP contribution < -0.4 is 9.64 Å². The van der Waals surface area contributed by atoms with Gasteiger partial charge in [-0.2, -0.15) is 0 Å². The highest BCUT2D eigenvalue weighted by Gasteiger charge is 2.34. The first-order valence-corrected chi connectivity index (χ1v) is 9.97. The molecule has 2 amide bonds. The molecule has 7 heteroatoms. The van der Waals surface area contributed by atoms with E-state index in [9.17, 15) is 9.59 Å². The molecule has 2 aromatic rings. The van der Waals surface area contributed by atoms with Crippen molar-refractivity contribution >= 4 is 50.6 Å². The molecule has 3 rings (SSSR count). The number of carbonyl (C=O) groups is 2. The lowest BCUT2D eigenvalue weighted by molar-refractivity contribution is -0.123. The van der Waals surface area contributed by atoms with Gasteiger partial charge < -0.3 is 9.64 Å². The Kier molecular flexibility index (Phi) is 6.23. The zero-order chi connectivity index (χ0) is 19.4. The van der Waals surface area contributed by atoms with Crippen LogP contribution in [0, 0.1) is 0 Å². The Balaban J connectivity index is 1.66. The normalized spacial score (nSPS) is 15.5. The third-order valence-electron chi connectivity index (χ3n) is 3.95. The first-order chi connectivity index (χ1) is 13.0. The van der Waals surface area contributed by atoms with E-state index in [4.69, 9.17) is 4.74 Å². The minimum absolute atomic E-state index is 0.222. The number of hydrogen-bond donors (Lipinski definition) is 0. The maximum atomic E-state index is 12.6. The number of rotatable bonds is 6. The van der Waals surface area contributed by atoms with Gasteiger partial charge in [0.25, 0.3) is 11.1 Å². The van der Waals surface area contributed by atoms with Crippen LogP contribution in [-0.2, 0) is 4.79 Å². The molecular weight excluding hydrogens is 428 g/mol. The van der Waals surface area contributed by atoms with Gasteiger partial charge in [-0.05, 0) is 63.6 Å². The van der Waals surface area contributed by atoms with E-state index in [0.29, 0.717) is 10.7 Å². The number of amides is 2. The van der Waals surface area contributed by atoms with Gasteiger partial charge in [-0.25, -0.2) is 0 Å². The predicted molar refractivity (Wildman–Crippen MR) is 113 cm³/mol. The van der Waals surface area contributed by atoms with Gasteiger partial charge >= 0.3 is 0 Å². The molecule has 2 aromatic carbocycles. The summed E-state index contributed by atoms with van der Waals surface area (Å²) in [7, 11) is 3.92. The van der Waals surface area contributed by atoms with Crippen molar-refractivity contribution in [3.63, 3.8) is 0 Å². The maximum absolute atomic E-state index is 12.6. The average molecular weight is 447 g/mol. The van der Waals surface area contributed by atoms with Crippen molar-refractivity contribution in [2.75, 3.05) is 32.1 Å². The van der Waals surface area contributed by atoms with Crippen molar-refractivity contribution in [2.24, 2.45) is 0 Å². The van der Waals surface area contributed by atoms with Gasteiger partial charge in [0.05, 0.1) is 17.1 Å². The fourth-order valence-corrected chi connectivity index (χ4v) is 4.21. The van der Waals surface area contributed by atoms with E-state index < -0.39 is 0 Å². The molecule has 0 aliphatic carbocycles. The molecule has 0 N–H and O–H groups in total. The molecule has 5 nitrogen and oxygen atoms in total. The first kappa shape index (κ1) is 19.5. The van der Waals surface area contributed by atoms with E-state index in [1.54, 1.807) is 6.08 Å². The minimum Gasteiger partial charge on any atom is -0.492 e. The fourth-order valence-electron chi connectivity index (χ4n) is 2.59. The van der Waals surface area contributed by atoms with Crippen molar-refractivity contribution in [1.29, 1.82) is 0 Å². The number of ether oxygens (including phenoxy) is 1. The summed E-state index contributed by atoms with van der Waals surface area (Å²) in [4.78, 5) is 28.4. The zero-order valence-corrected chi connectivity index (χ0v) is 17.4. The topological polar surface area (TPSA) is 49.9 Å². The highest BCUT2D eigenvalue weighted by molar-refractivity contribution is 9.10. The van der Waals surface area contributed by atoms with Crippen LogP contribution in [0.25, 0.3) is 6.08 Å². The summed E-state index contributed by atoms with van der Waals surface area (Å²) in [6, 6.07) is 15.1. The van der Waals surface area contributed by atoms with E-state index in [2.05, 4.69) is 15.9 Å². The number of nitrogens with zero attached hydrogens (tertiary/aromatic N) is 2. The van der Waals surface area contributed by atoms with Crippen LogP contribution >= 0.6 is 27.7 Å². The van der Waals surface area contributed by atoms with Crippen LogP contribution in [0.1, 0.15) is 5.56 Å². The highest BCUT2D eigenvalue weighted by Crippen LogP contribution is 2.33. The summed E-state index contributed by atoms with van der Waals surface area (Å²) in [6.07, 6.45) is 1.74. The zero-order valence-electron chi connectivity index (χ0n) is 15.0. The van der Waals surface area contributed by atoms with Crippen molar-refractivity contribution in [3.8, 4) is 5.75 Å². The standard InChI is InChI=1S/C20H19BrN2O3S/c1-22(2)17-9-8-14(12-16(17)21)13-18-19(24)23(20(25)27-18)10-11-26-15-6-4-3-5-7-15/h3-9,12-13H,10-11H2,1-2H3/b18-13-. The number of hydrogen-bond acceptors (Lipinski definition) is 5. The molecule has 27 heavy (non-hydrogen) atoms. The lowest BCUT2D eigenvalue weighted by Crippen LogP contribution is -2.32. The Morgan fingerprint density at radius 3 is 2.56 bits per heavy atom. The summed E-state index contributed by atoms with van der Waals surface area (Å²) in [5.74, 6) is 0.431. The third kappa shape index (κ3) is 4.73. The summed E-state index contributed by atoms with van der Waals surface area (Å²) in [5, 5.41) is -0.271. The second-order valence-corrected chi connectivity index (χ2v) is 7.95. The number of thioether (sulfide) groups is 1. The highest BCUT2D eigenvalue weighted by atomic mass is 79.9. The summed E-state index contributed by atoms with van der Waals surface area (Å²) >= 11 is 4.49. The molecule has 1 saturated heterocycles. The van der Waals surface area contributed by atoms with Gasteiger partial charge in [0, 0.05) is 18.6 Å². The van der Waals surface area contributed by atoms with Crippen LogP contribution in [0.4, 0.5) is 10.5 Å². The maximum Gasteiger partial charge on any atom is 0.293 e. The quantitative estimate of drug-likeness (QED) is 0.605. The summed E-state index contributed by atoms with van der Waals surface area (Å²) in [5.41, 5.74) is 1.90. The number of carbonyl (C=O) groups excluding carboxylic acids is 2. The third-order valence-corrected chi connectivity index (χ3v) is 5.49. The Bertz CT molecular complexity index is 884. The van der Waals surface area contributed by atoms with E-state index in [-0.39, 0.29) is 24.3 Å². The van der Waals surface area contributed by atoms with E-state index in [0.717, 1.165) is 27.5 Å². The molecule has 0 aromatic heterocycles. The molecule has 0 unspecified atom stereocenters. The van der Waals surface area contributed by atoms with Gasteiger partial charge in [0.1, 0.15) is 12.4 Å². The molecule has 1 fully saturated rings. The number of para-hydroxylation sites is 1. The molecule has 0 radical (unpaired) electrons. The van der Waals surface area contributed by atoms with Crippen molar-refractivity contribution < 1.29 is 14.3 Å². The van der Waals surface area contributed by atoms with Crippen LogP contribution in [0.3, 0.4) is 0 Å². The lowest BCUT2D eigenvalue weighted by Gasteiger charge is -2.14. The Hall–Kier alpha value is -2.25. The van der Waals surface area contributed by atoms with Gasteiger partial charge in [0.2, 0.25) is 0 Å². The van der Waals surface area contributed by atoms with Crippen LogP contribution in [0.2, 0.25) is 0 Å². The minimum atomic E-state index is -0.283. The molecule has 0 spiro atoms. The first-order valence-electron chi connectivity index (χ1n) is 8.36. The number of imide groups is 1. The monoisotopic (exact) mass is 446 g/mol. The van der Waals surface area contributed by atoms with E-state index >= 15 is 0 Å². The Morgan fingerprint density at radius 2 is 1.89 bits per heavy atom. The van der Waals surface area contributed by atoms with E-state index in [1.807, 2.05) is 67.5 Å². The van der Waals surface area contributed by atoms with Gasteiger partial charge in [-0.3, -0.25) is 14.5 Å². The largest absolute Gasteiger partial charge is 0.492 e. The molecule has 0 atom stereocenters. The number of benzene rings is 2. The van der Waals surface area contributed by atoms with Crippen LogP contribution in [-0.4, -0.2) is 43.3 Å². The van der Waals surface area contributed by atoms with Crippen LogP contribution in [0.5, 0.6) is 5.75 Å². The number of halogens is 1. The fraction of sp³-hybridized carbons (Fsp3) is 0.200. The molecule has 1 heterocycles. The number of anilines is 1.